The normalized spacial score (nSPS) is 17.7. The van der Waals surface area contributed by atoms with E-state index in [1.54, 1.807) is 24.3 Å². The van der Waals surface area contributed by atoms with Crippen LogP contribution in [0.3, 0.4) is 0 Å². The van der Waals surface area contributed by atoms with Crippen LogP contribution in [0.5, 0.6) is 0 Å². The number of hydrogen-bond donors (Lipinski definition) is 1. The Balaban J connectivity index is 1.63. The molecule has 7 heteroatoms. The van der Waals surface area contributed by atoms with Crippen LogP contribution in [0.4, 0.5) is 11.4 Å². The van der Waals surface area contributed by atoms with Gasteiger partial charge in [0.25, 0.3) is 0 Å². The van der Waals surface area contributed by atoms with Crippen molar-refractivity contribution < 1.29 is 13.2 Å². The van der Waals surface area contributed by atoms with E-state index in [4.69, 9.17) is 0 Å². The number of aryl methyl sites for hydroxylation is 1. The molecule has 1 aliphatic rings. The van der Waals surface area contributed by atoms with Crippen LogP contribution in [0.25, 0.3) is 0 Å². The molecule has 0 spiro atoms. The van der Waals surface area contributed by atoms with Crippen molar-refractivity contribution in [3.63, 3.8) is 0 Å². The van der Waals surface area contributed by atoms with Crippen molar-refractivity contribution in [1.82, 2.24) is 4.90 Å². The SMILES string of the molecule is Cc1cccc(CN2CCCC(C(=O)Nc3cccc(N(C)S(C)(=O)=O)c3)C2)c1. The van der Waals surface area contributed by atoms with Gasteiger partial charge in [0.1, 0.15) is 0 Å². The van der Waals surface area contributed by atoms with Gasteiger partial charge in [0.05, 0.1) is 17.9 Å². The van der Waals surface area contributed by atoms with Crippen molar-refractivity contribution in [1.29, 1.82) is 0 Å². The number of likely N-dealkylation sites (tertiary alicyclic amines) is 1. The van der Waals surface area contributed by atoms with E-state index in [1.807, 2.05) is 0 Å². The molecule has 1 unspecified atom stereocenters. The van der Waals surface area contributed by atoms with Gasteiger partial charge in [-0.15, -0.1) is 0 Å². The highest BCUT2D eigenvalue weighted by Gasteiger charge is 2.26. The summed E-state index contributed by atoms with van der Waals surface area (Å²) >= 11 is 0. The van der Waals surface area contributed by atoms with Gasteiger partial charge in [-0.3, -0.25) is 14.0 Å². The second kappa shape index (κ2) is 8.97. The number of rotatable bonds is 6. The van der Waals surface area contributed by atoms with E-state index in [2.05, 4.69) is 41.4 Å². The third kappa shape index (κ3) is 5.81. The van der Waals surface area contributed by atoms with Gasteiger partial charge in [0.2, 0.25) is 15.9 Å². The third-order valence-electron chi connectivity index (χ3n) is 5.34. The number of carbonyl (C=O) groups is 1. The van der Waals surface area contributed by atoms with Gasteiger partial charge in [-0.2, -0.15) is 0 Å². The zero-order valence-corrected chi connectivity index (χ0v) is 18.1. The van der Waals surface area contributed by atoms with Gasteiger partial charge in [0, 0.05) is 25.8 Å². The maximum Gasteiger partial charge on any atom is 0.231 e. The van der Waals surface area contributed by atoms with Crippen molar-refractivity contribution >= 4 is 27.3 Å². The van der Waals surface area contributed by atoms with Crippen LogP contribution in [0.2, 0.25) is 0 Å². The molecule has 0 radical (unpaired) electrons. The predicted molar refractivity (Wildman–Crippen MR) is 117 cm³/mol. The Bertz CT molecular complexity index is 975. The van der Waals surface area contributed by atoms with Crippen molar-refractivity contribution in [3.8, 4) is 0 Å². The van der Waals surface area contributed by atoms with Crippen molar-refractivity contribution in [3.05, 3.63) is 59.7 Å². The van der Waals surface area contributed by atoms with Crippen LogP contribution in [-0.2, 0) is 21.4 Å². The average Bonchev–Trinajstić information content (AvgIpc) is 2.67. The molecule has 3 rings (SSSR count). The van der Waals surface area contributed by atoms with E-state index in [1.165, 1.54) is 22.5 Å². The number of hydrogen-bond acceptors (Lipinski definition) is 4. The molecule has 0 bridgehead atoms. The summed E-state index contributed by atoms with van der Waals surface area (Å²) in [6.45, 7) is 4.65. The minimum Gasteiger partial charge on any atom is -0.326 e. The summed E-state index contributed by atoms with van der Waals surface area (Å²) in [4.78, 5) is 15.2. The highest BCUT2D eigenvalue weighted by Crippen LogP contribution is 2.23. The lowest BCUT2D eigenvalue weighted by Crippen LogP contribution is -2.40. The van der Waals surface area contributed by atoms with E-state index in [-0.39, 0.29) is 11.8 Å². The van der Waals surface area contributed by atoms with Crippen molar-refractivity contribution in [2.75, 3.05) is 36.0 Å². The Hall–Kier alpha value is -2.38. The Labute approximate surface area is 173 Å². The number of anilines is 2. The van der Waals surface area contributed by atoms with E-state index in [0.29, 0.717) is 11.4 Å². The number of benzene rings is 2. The molecule has 0 saturated carbocycles. The molecule has 1 saturated heterocycles. The van der Waals surface area contributed by atoms with Gasteiger partial charge < -0.3 is 5.32 Å². The van der Waals surface area contributed by atoms with E-state index in [9.17, 15) is 13.2 Å². The number of carbonyl (C=O) groups excluding carboxylic acids is 1. The molecule has 1 N–H and O–H groups in total. The van der Waals surface area contributed by atoms with Gasteiger partial charge >= 0.3 is 0 Å². The van der Waals surface area contributed by atoms with Crippen LogP contribution in [-0.4, -0.2) is 45.6 Å². The Morgan fingerprint density at radius 3 is 2.69 bits per heavy atom. The van der Waals surface area contributed by atoms with E-state index >= 15 is 0 Å². The average molecular weight is 416 g/mol. The monoisotopic (exact) mass is 415 g/mol. The molecule has 156 valence electrons. The first-order chi connectivity index (χ1) is 13.7. The zero-order chi connectivity index (χ0) is 21.0. The number of piperidine rings is 1. The lowest BCUT2D eigenvalue weighted by molar-refractivity contribution is -0.121. The molecule has 2 aromatic carbocycles. The summed E-state index contributed by atoms with van der Waals surface area (Å²) in [5.74, 6) is -0.0945. The van der Waals surface area contributed by atoms with Crippen molar-refractivity contribution in [2.24, 2.45) is 5.92 Å². The fraction of sp³-hybridized carbons (Fsp3) is 0.409. The first-order valence-electron chi connectivity index (χ1n) is 9.85. The van der Waals surface area contributed by atoms with Crippen LogP contribution in [0, 0.1) is 12.8 Å². The number of nitrogens with zero attached hydrogens (tertiary/aromatic N) is 2. The standard InChI is InChI=1S/C22H29N3O3S/c1-17-7-4-8-18(13-17)15-25-12-6-9-19(16-25)22(26)23-20-10-5-11-21(14-20)24(2)29(3,27)28/h4-5,7-8,10-11,13-14,19H,6,9,12,15-16H2,1-3H3,(H,23,26). The number of nitrogens with one attached hydrogen (secondary N) is 1. The Morgan fingerprint density at radius 1 is 1.21 bits per heavy atom. The van der Waals surface area contributed by atoms with Crippen LogP contribution >= 0.6 is 0 Å². The lowest BCUT2D eigenvalue weighted by Gasteiger charge is -2.32. The molecular formula is C22H29N3O3S. The van der Waals surface area contributed by atoms with E-state index in [0.717, 1.165) is 38.7 Å². The minimum absolute atomic E-state index is 0.0156. The highest BCUT2D eigenvalue weighted by atomic mass is 32.2. The van der Waals surface area contributed by atoms with Crippen LogP contribution < -0.4 is 9.62 Å². The summed E-state index contributed by atoms with van der Waals surface area (Å²) in [7, 11) is -1.85. The Morgan fingerprint density at radius 2 is 1.97 bits per heavy atom. The molecule has 2 aromatic rings. The molecule has 0 aliphatic carbocycles. The molecule has 1 amide bonds. The summed E-state index contributed by atoms with van der Waals surface area (Å²) in [5, 5.41) is 2.96. The van der Waals surface area contributed by atoms with Crippen molar-refractivity contribution in [2.45, 2.75) is 26.3 Å². The first kappa shape index (κ1) is 21.3. The first-order valence-corrected chi connectivity index (χ1v) is 11.7. The zero-order valence-electron chi connectivity index (χ0n) is 17.3. The molecule has 1 aliphatic heterocycles. The number of sulfonamides is 1. The van der Waals surface area contributed by atoms with Gasteiger partial charge in [-0.25, -0.2) is 8.42 Å². The number of amides is 1. The molecule has 6 nitrogen and oxygen atoms in total. The third-order valence-corrected chi connectivity index (χ3v) is 6.55. The minimum atomic E-state index is -3.35. The van der Waals surface area contributed by atoms with E-state index < -0.39 is 10.0 Å². The van der Waals surface area contributed by atoms with Gasteiger partial charge in [0.15, 0.2) is 0 Å². The highest BCUT2D eigenvalue weighted by molar-refractivity contribution is 7.92. The lowest BCUT2D eigenvalue weighted by atomic mass is 9.96. The fourth-order valence-corrected chi connectivity index (χ4v) is 4.19. The van der Waals surface area contributed by atoms with Gasteiger partial charge in [-0.1, -0.05) is 35.9 Å². The molecular weight excluding hydrogens is 386 g/mol. The topological polar surface area (TPSA) is 69.7 Å². The van der Waals surface area contributed by atoms with Crippen LogP contribution in [0.15, 0.2) is 48.5 Å². The smallest absolute Gasteiger partial charge is 0.231 e. The maximum atomic E-state index is 12.8. The Kier molecular flexibility index (Phi) is 6.59. The van der Waals surface area contributed by atoms with Gasteiger partial charge in [-0.05, 0) is 50.1 Å². The predicted octanol–water partition coefficient (Wildman–Crippen LogP) is 3.24. The van der Waals surface area contributed by atoms with Crippen LogP contribution in [0.1, 0.15) is 24.0 Å². The maximum absolute atomic E-state index is 12.8. The molecule has 1 atom stereocenters. The molecule has 1 heterocycles. The quantitative estimate of drug-likeness (QED) is 0.786. The second-order valence-corrected chi connectivity index (χ2v) is 9.85. The molecule has 0 aromatic heterocycles. The second-order valence-electron chi connectivity index (χ2n) is 7.83. The fourth-order valence-electron chi connectivity index (χ4n) is 3.70. The molecule has 29 heavy (non-hydrogen) atoms. The largest absolute Gasteiger partial charge is 0.326 e. The summed E-state index contributed by atoms with van der Waals surface area (Å²) in [6.07, 6.45) is 3.00. The summed E-state index contributed by atoms with van der Waals surface area (Å²) < 4.78 is 24.7. The summed E-state index contributed by atoms with van der Waals surface area (Å²) in [5.41, 5.74) is 3.64. The summed E-state index contributed by atoms with van der Waals surface area (Å²) in [6, 6.07) is 15.4. The molecule has 1 fully saturated rings.